The Morgan fingerprint density at radius 1 is 1.14 bits per heavy atom. The van der Waals surface area contributed by atoms with E-state index in [-0.39, 0.29) is 6.10 Å². The maximum atomic E-state index is 10.6. The highest BCUT2D eigenvalue weighted by Gasteiger charge is 2.39. The SMILES string of the molecule is CN1C2CCC1CC(OC(O)c1c(I)ccc(I)c1I)C2. The van der Waals surface area contributed by atoms with Crippen molar-refractivity contribution in [1.82, 2.24) is 4.90 Å². The molecule has 0 amide bonds. The van der Waals surface area contributed by atoms with Gasteiger partial charge in [0.1, 0.15) is 0 Å². The van der Waals surface area contributed by atoms with Crippen LogP contribution < -0.4 is 0 Å². The number of fused-ring (bicyclic) bond motifs is 2. The summed E-state index contributed by atoms with van der Waals surface area (Å²) in [5.74, 6) is 0. The van der Waals surface area contributed by atoms with E-state index in [1.165, 1.54) is 12.8 Å². The number of aliphatic hydroxyl groups is 1. The lowest BCUT2D eigenvalue weighted by atomic mass is 10.0. The standard InChI is InChI=1S/C15H18I3NO2/c1-19-8-2-3-9(19)7-10(6-8)21-15(20)13-11(16)4-5-12(17)14(13)18/h4-5,8-10,15,20H,2-3,6-7H2,1H3. The van der Waals surface area contributed by atoms with E-state index >= 15 is 0 Å². The third-order valence-electron chi connectivity index (χ3n) is 4.70. The van der Waals surface area contributed by atoms with Crippen LogP contribution in [0, 0.1) is 10.7 Å². The minimum atomic E-state index is -0.814. The van der Waals surface area contributed by atoms with Gasteiger partial charge in [0.2, 0.25) is 0 Å². The summed E-state index contributed by atoms with van der Waals surface area (Å²) in [7, 11) is 2.22. The van der Waals surface area contributed by atoms with E-state index in [0.717, 1.165) is 29.1 Å². The molecule has 0 spiro atoms. The molecule has 0 saturated carbocycles. The van der Waals surface area contributed by atoms with Crippen LogP contribution in [0.1, 0.15) is 37.5 Å². The van der Waals surface area contributed by atoms with Gasteiger partial charge in [-0.15, -0.1) is 0 Å². The van der Waals surface area contributed by atoms with Crippen molar-refractivity contribution < 1.29 is 9.84 Å². The maximum Gasteiger partial charge on any atom is 0.183 e. The molecule has 0 radical (unpaired) electrons. The Hall–Kier alpha value is 1.29. The summed E-state index contributed by atoms with van der Waals surface area (Å²) in [6.07, 6.45) is 4.00. The first-order valence-corrected chi connectivity index (χ1v) is 10.4. The monoisotopic (exact) mass is 625 g/mol. The zero-order chi connectivity index (χ0) is 15.1. The number of hydrogen-bond acceptors (Lipinski definition) is 3. The fourth-order valence-corrected chi connectivity index (χ4v) is 5.93. The molecule has 6 heteroatoms. The fourth-order valence-electron chi connectivity index (χ4n) is 3.49. The van der Waals surface area contributed by atoms with Gasteiger partial charge in [0.15, 0.2) is 6.29 Å². The first kappa shape index (κ1) is 17.1. The maximum absolute atomic E-state index is 10.6. The van der Waals surface area contributed by atoms with Crippen molar-refractivity contribution in [1.29, 1.82) is 0 Å². The van der Waals surface area contributed by atoms with Gasteiger partial charge >= 0.3 is 0 Å². The molecule has 3 nitrogen and oxygen atoms in total. The highest BCUT2D eigenvalue weighted by Crippen LogP contribution is 2.38. The summed E-state index contributed by atoms with van der Waals surface area (Å²) < 4.78 is 9.37. The number of hydrogen-bond donors (Lipinski definition) is 1. The van der Waals surface area contributed by atoms with Crippen molar-refractivity contribution in [2.45, 2.75) is 50.2 Å². The highest BCUT2D eigenvalue weighted by molar-refractivity contribution is 14.1. The minimum Gasteiger partial charge on any atom is -0.364 e. The van der Waals surface area contributed by atoms with Crippen molar-refractivity contribution in [2.75, 3.05) is 7.05 Å². The van der Waals surface area contributed by atoms with E-state index in [1.807, 2.05) is 6.07 Å². The van der Waals surface area contributed by atoms with Crippen LogP contribution in [0.4, 0.5) is 0 Å². The summed E-state index contributed by atoms with van der Waals surface area (Å²) in [5, 5.41) is 10.6. The van der Waals surface area contributed by atoms with Crippen molar-refractivity contribution in [3.8, 4) is 0 Å². The number of benzene rings is 1. The first-order valence-electron chi connectivity index (χ1n) is 7.16. The Bertz CT molecular complexity index is 526. The van der Waals surface area contributed by atoms with E-state index in [9.17, 15) is 5.11 Å². The molecule has 2 saturated heterocycles. The Morgan fingerprint density at radius 3 is 2.33 bits per heavy atom. The second kappa shape index (κ2) is 7.04. The van der Waals surface area contributed by atoms with Crippen molar-refractivity contribution >= 4 is 67.8 Å². The average molecular weight is 625 g/mol. The van der Waals surface area contributed by atoms with Crippen LogP contribution in [0.25, 0.3) is 0 Å². The van der Waals surface area contributed by atoms with Crippen LogP contribution >= 0.6 is 67.8 Å². The van der Waals surface area contributed by atoms with E-state index in [4.69, 9.17) is 4.74 Å². The number of piperidine rings is 1. The summed E-state index contributed by atoms with van der Waals surface area (Å²) in [4.78, 5) is 2.49. The van der Waals surface area contributed by atoms with E-state index in [1.54, 1.807) is 0 Å². The molecule has 3 atom stereocenters. The Labute approximate surface area is 166 Å². The third kappa shape index (κ3) is 3.54. The summed E-state index contributed by atoms with van der Waals surface area (Å²) in [6, 6.07) is 5.39. The van der Waals surface area contributed by atoms with Gasteiger partial charge in [-0.25, -0.2) is 0 Å². The molecular formula is C15H18I3NO2. The Balaban J connectivity index is 1.73. The number of aliphatic hydroxyl groups excluding tert-OH is 1. The van der Waals surface area contributed by atoms with Gasteiger partial charge in [-0.1, -0.05) is 0 Å². The molecule has 1 aromatic rings. The molecule has 2 aliphatic heterocycles. The Morgan fingerprint density at radius 2 is 1.71 bits per heavy atom. The summed E-state index contributed by atoms with van der Waals surface area (Å²) >= 11 is 6.89. The van der Waals surface area contributed by atoms with Gasteiger partial charge in [0, 0.05) is 28.4 Å². The lowest BCUT2D eigenvalue weighted by Crippen LogP contribution is -2.43. The molecule has 0 aliphatic carbocycles. The molecule has 116 valence electrons. The van der Waals surface area contributed by atoms with E-state index < -0.39 is 6.29 Å². The van der Waals surface area contributed by atoms with Crippen LogP contribution in [0.2, 0.25) is 0 Å². The quantitative estimate of drug-likeness (QED) is 0.312. The molecule has 3 rings (SSSR count). The predicted molar refractivity (Wildman–Crippen MR) is 108 cm³/mol. The zero-order valence-corrected chi connectivity index (χ0v) is 18.2. The molecular weight excluding hydrogens is 607 g/mol. The topological polar surface area (TPSA) is 32.7 Å². The van der Waals surface area contributed by atoms with Gasteiger partial charge in [-0.3, -0.25) is 0 Å². The smallest absolute Gasteiger partial charge is 0.183 e. The van der Waals surface area contributed by atoms with Gasteiger partial charge in [0.25, 0.3) is 0 Å². The van der Waals surface area contributed by atoms with E-state index in [2.05, 4.69) is 85.8 Å². The van der Waals surface area contributed by atoms with Crippen molar-refractivity contribution in [2.24, 2.45) is 0 Å². The van der Waals surface area contributed by atoms with Crippen molar-refractivity contribution in [3.05, 3.63) is 28.4 Å². The second-order valence-electron chi connectivity index (χ2n) is 5.89. The molecule has 2 fully saturated rings. The van der Waals surface area contributed by atoms with Crippen LogP contribution in [-0.4, -0.2) is 35.2 Å². The number of halogens is 3. The lowest BCUT2D eigenvalue weighted by molar-refractivity contribution is -0.158. The highest BCUT2D eigenvalue weighted by atomic mass is 127. The molecule has 3 unspecified atom stereocenters. The first-order chi connectivity index (χ1) is 9.97. The molecule has 1 N–H and O–H groups in total. The van der Waals surface area contributed by atoms with Gasteiger partial charge in [-0.05, 0) is 113 Å². The van der Waals surface area contributed by atoms with Gasteiger partial charge in [-0.2, -0.15) is 0 Å². The predicted octanol–water partition coefficient (Wildman–Crippen LogP) is 4.13. The third-order valence-corrected chi connectivity index (χ3v) is 8.74. The van der Waals surface area contributed by atoms with Crippen LogP contribution in [-0.2, 0) is 4.74 Å². The molecule has 21 heavy (non-hydrogen) atoms. The zero-order valence-electron chi connectivity index (χ0n) is 11.7. The largest absolute Gasteiger partial charge is 0.364 e. The number of ether oxygens (including phenoxy) is 1. The van der Waals surface area contributed by atoms with Gasteiger partial charge < -0.3 is 14.7 Å². The minimum absolute atomic E-state index is 0.179. The summed E-state index contributed by atoms with van der Waals surface area (Å²) in [5.41, 5.74) is 0.925. The van der Waals surface area contributed by atoms with Crippen molar-refractivity contribution in [3.63, 3.8) is 0 Å². The lowest BCUT2D eigenvalue weighted by Gasteiger charge is -2.37. The van der Waals surface area contributed by atoms with Crippen LogP contribution in [0.15, 0.2) is 12.1 Å². The normalized spacial score (nSPS) is 30.6. The number of rotatable bonds is 3. The van der Waals surface area contributed by atoms with Crippen LogP contribution in [0.5, 0.6) is 0 Å². The fraction of sp³-hybridized carbons (Fsp3) is 0.600. The molecule has 0 aromatic heterocycles. The molecule has 2 aliphatic rings. The Kier molecular flexibility index (Phi) is 5.74. The second-order valence-corrected chi connectivity index (χ2v) is 9.29. The molecule has 2 bridgehead atoms. The average Bonchev–Trinajstić information content (AvgIpc) is 2.65. The molecule has 2 heterocycles. The molecule has 1 aromatic carbocycles. The van der Waals surface area contributed by atoms with E-state index in [0.29, 0.717) is 12.1 Å². The van der Waals surface area contributed by atoms with Gasteiger partial charge in [0.05, 0.1) is 6.10 Å². The summed E-state index contributed by atoms with van der Waals surface area (Å²) in [6.45, 7) is 0. The number of nitrogens with zero attached hydrogens (tertiary/aromatic N) is 1. The van der Waals surface area contributed by atoms with Crippen LogP contribution in [0.3, 0.4) is 0 Å².